The number of aryl methyl sites for hydroxylation is 2. The summed E-state index contributed by atoms with van der Waals surface area (Å²) in [5.74, 6) is 0.916. The van der Waals surface area contributed by atoms with Crippen LogP contribution in [0.3, 0.4) is 0 Å². The van der Waals surface area contributed by atoms with Crippen molar-refractivity contribution in [3.05, 3.63) is 59.3 Å². The lowest BCUT2D eigenvalue weighted by Crippen LogP contribution is -2.45. The highest BCUT2D eigenvalue weighted by Gasteiger charge is 2.35. The van der Waals surface area contributed by atoms with Gasteiger partial charge >= 0.3 is 0 Å². The topological polar surface area (TPSA) is 29.4 Å². The lowest BCUT2D eigenvalue weighted by atomic mass is 9.89. The maximum atomic E-state index is 5.89. The van der Waals surface area contributed by atoms with Crippen LogP contribution in [0.2, 0.25) is 0 Å². The van der Waals surface area contributed by atoms with Crippen LogP contribution in [0.4, 0.5) is 5.69 Å². The van der Waals surface area contributed by atoms with Crippen LogP contribution in [-0.4, -0.2) is 27.7 Å². The summed E-state index contributed by atoms with van der Waals surface area (Å²) in [5.41, 5.74) is 6.77. The van der Waals surface area contributed by atoms with Gasteiger partial charge in [0.2, 0.25) is 0 Å². The molecule has 5 heteroatoms. The van der Waals surface area contributed by atoms with Crippen LogP contribution in [-0.2, 0) is 13.0 Å². The van der Waals surface area contributed by atoms with Crippen molar-refractivity contribution < 1.29 is 4.74 Å². The molecule has 3 aromatic rings. The molecule has 1 aliphatic heterocycles. The summed E-state index contributed by atoms with van der Waals surface area (Å²) in [4.78, 5) is 2.41. The molecule has 0 spiro atoms. The minimum Gasteiger partial charge on any atom is -0.494 e. The van der Waals surface area contributed by atoms with Gasteiger partial charge in [-0.3, -0.25) is 0 Å². The Balaban J connectivity index is 1.35. The number of rotatable bonds is 5. The number of fused-ring (bicyclic) bond motifs is 3. The van der Waals surface area contributed by atoms with E-state index in [9.17, 15) is 0 Å². The highest BCUT2D eigenvalue weighted by Crippen LogP contribution is 2.43. The van der Waals surface area contributed by atoms with Gasteiger partial charge in [0.05, 0.1) is 12.6 Å². The van der Waals surface area contributed by atoms with Gasteiger partial charge in [0.15, 0.2) is 5.11 Å². The minimum absolute atomic E-state index is 0.363. The van der Waals surface area contributed by atoms with Gasteiger partial charge in [-0.2, -0.15) is 0 Å². The van der Waals surface area contributed by atoms with E-state index in [1.807, 2.05) is 12.1 Å². The fourth-order valence-electron chi connectivity index (χ4n) is 5.13. The minimum atomic E-state index is 0.363. The number of benzene rings is 2. The van der Waals surface area contributed by atoms with Crippen LogP contribution in [0.25, 0.3) is 10.9 Å². The van der Waals surface area contributed by atoms with Crippen LogP contribution in [0.1, 0.15) is 55.5 Å². The molecule has 0 saturated carbocycles. The Morgan fingerprint density at radius 2 is 2.00 bits per heavy atom. The molecule has 2 aliphatic rings. The van der Waals surface area contributed by atoms with E-state index in [4.69, 9.17) is 17.0 Å². The zero-order valence-electron chi connectivity index (χ0n) is 18.5. The molecule has 0 amide bonds. The SMILES string of the molecule is CCCCOc1ccc(NC(=S)N2CCn3c4c(c5cc(C)ccc53)CCCC42)cc1. The average molecular weight is 434 g/mol. The van der Waals surface area contributed by atoms with E-state index in [1.54, 1.807) is 0 Å². The second kappa shape index (κ2) is 8.54. The van der Waals surface area contributed by atoms with E-state index in [2.05, 4.69) is 59.0 Å². The zero-order chi connectivity index (χ0) is 21.4. The Kier molecular flexibility index (Phi) is 5.61. The molecule has 0 fully saturated rings. The number of unbranched alkanes of at least 4 members (excludes halogenated alkanes) is 1. The highest BCUT2D eigenvalue weighted by atomic mass is 32.1. The number of anilines is 1. The van der Waals surface area contributed by atoms with Crippen molar-refractivity contribution in [1.82, 2.24) is 9.47 Å². The van der Waals surface area contributed by atoms with Gasteiger partial charge < -0.3 is 19.5 Å². The molecular formula is C26H31N3OS. The molecule has 0 radical (unpaired) electrons. The molecule has 31 heavy (non-hydrogen) atoms. The molecule has 2 heterocycles. The Hall–Kier alpha value is -2.53. The van der Waals surface area contributed by atoms with Crippen molar-refractivity contribution in [2.45, 2.75) is 58.5 Å². The molecule has 1 N–H and O–H groups in total. The number of hydrogen-bond donors (Lipinski definition) is 1. The van der Waals surface area contributed by atoms with E-state index in [0.29, 0.717) is 6.04 Å². The normalized spacial score (nSPS) is 17.5. The second-order valence-corrected chi connectivity index (χ2v) is 9.18. The van der Waals surface area contributed by atoms with Crippen molar-refractivity contribution in [3.8, 4) is 5.75 Å². The van der Waals surface area contributed by atoms with Gasteiger partial charge in [-0.25, -0.2) is 0 Å². The molecule has 1 atom stereocenters. The molecule has 1 aliphatic carbocycles. The summed E-state index contributed by atoms with van der Waals surface area (Å²) in [5, 5.41) is 5.75. The lowest BCUT2D eigenvalue weighted by Gasteiger charge is -2.41. The number of ether oxygens (including phenoxy) is 1. The molecule has 1 aromatic heterocycles. The summed E-state index contributed by atoms with van der Waals surface area (Å²) >= 11 is 5.89. The highest BCUT2D eigenvalue weighted by molar-refractivity contribution is 7.80. The van der Waals surface area contributed by atoms with E-state index in [1.165, 1.54) is 40.6 Å². The fourth-order valence-corrected chi connectivity index (χ4v) is 5.46. The lowest BCUT2D eigenvalue weighted by molar-refractivity contribution is 0.235. The quantitative estimate of drug-likeness (QED) is 0.382. The van der Waals surface area contributed by atoms with Crippen molar-refractivity contribution in [2.75, 3.05) is 18.5 Å². The van der Waals surface area contributed by atoms with E-state index in [-0.39, 0.29) is 0 Å². The maximum Gasteiger partial charge on any atom is 0.174 e. The van der Waals surface area contributed by atoms with Crippen LogP contribution >= 0.6 is 12.2 Å². The first-order valence-corrected chi connectivity index (χ1v) is 12.0. The Labute approximate surface area is 190 Å². The first kappa shape index (κ1) is 20.4. The molecular weight excluding hydrogens is 402 g/mol. The fraction of sp³-hybridized carbons (Fsp3) is 0.423. The average Bonchev–Trinajstić information content (AvgIpc) is 3.10. The summed E-state index contributed by atoms with van der Waals surface area (Å²) in [6, 6.07) is 15.4. The maximum absolute atomic E-state index is 5.89. The number of hydrogen-bond acceptors (Lipinski definition) is 2. The molecule has 5 rings (SSSR count). The number of thiocarbonyl (C=S) groups is 1. The summed E-state index contributed by atoms with van der Waals surface area (Å²) < 4.78 is 8.33. The zero-order valence-corrected chi connectivity index (χ0v) is 19.3. The number of nitrogens with zero attached hydrogens (tertiary/aromatic N) is 2. The monoisotopic (exact) mass is 433 g/mol. The van der Waals surface area contributed by atoms with Crippen LogP contribution in [0.15, 0.2) is 42.5 Å². The number of nitrogens with one attached hydrogen (secondary N) is 1. The molecule has 1 unspecified atom stereocenters. The number of aromatic nitrogens is 1. The molecule has 0 bridgehead atoms. The summed E-state index contributed by atoms with van der Waals surface area (Å²) in [7, 11) is 0. The molecule has 0 saturated heterocycles. The van der Waals surface area contributed by atoms with Gasteiger partial charge in [-0.1, -0.05) is 25.0 Å². The third-order valence-electron chi connectivity index (χ3n) is 6.66. The van der Waals surface area contributed by atoms with E-state index < -0.39 is 0 Å². The molecule has 162 valence electrons. The van der Waals surface area contributed by atoms with E-state index in [0.717, 1.165) is 55.5 Å². The van der Waals surface area contributed by atoms with Gasteiger partial charge in [-0.15, -0.1) is 0 Å². The van der Waals surface area contributed by atoms with Crippen molar-refractivity contribution in [2.24, 2.45) is 0 Å². The van der Waals surface area contributed by atoms with Crippen LogP contribution < -0.4 is 10.1 Å². The summed E-state index contributed by atoms with van der Waals surface area (Å²) in [6.07, 6.45) is 5.78. The Bertz CT molecular complexity index is 1100. The van der Waals surface area contributed by atoms with Crippen LogP contribution in [0, 0.1) is 6.92 Å². The van der Waals surface area contributed by atoms with Gasteiger partial charge in [0.1, 0.15) is 5.75 Å². The predicted molar refractivity (Wildman–Crippen MR) is 132 cm³/mol. The van der Waals surface area contributed by atoms with Crippen molar-refractivity contribution in [3.63, 3.8) is 0 Å². The first-order chi connectivity index (χ1) is 15.2. The third kappa shape index (κ3) is 3.80. The first-order valence-electron chi connectivity index (χ1n) is 11.6. The smallest absolute Gasteiger partial charge is 0.174 e. The largest absolute Gasteiger partial charge is 0.494 e. The van der Waals surface area contributed by atoms with Crippen molar-refractivity contribution >= 4 is 33.9 Å². The summed E-state index contributed by atoms with van der Waals surface area (Å²) in [6.45, 7) is 7.06. The van der Waals surface area contributed by atoms with Gasteiger partial charge in [0.25, 0.3) is 0 Å². The van der Waals surface area contributed by atoms with E-state index >= 15 is 0 Å². The van der Waals surface area contributed by atoms with Crippen LogP contribution in [0.5, 0.6) is 5.75 Å². The Morgan fingerprint density at radius 1 is 1.16 bits per heavy atom. The van der Waals surface area contributed by atoms with Gasteiger partial charge in [-0.05, 0) is 86.8 Å². The second-order valence-electron chi connectivity index (χ2n) is 8.79. The molecule has 4 nitrogen and oxygen atoms in total. The standard InChI is InChI=1S/C26H31N3OS/c1-3-4-16-30-20-11-9-19(10-12-20)27-26(31)29-15-14-28-23-13-8-18(2)17-22(23)21-6-5-7-24(29)25(21)28/h8-13,17,24H,3-7,14-16H2,1-2H3,(H,27,31). The predicted octanol–water partition coefficient (Wildman–Crippen LogP) is 6.22. The molecule has 2 aromatic carbocycles. The third-order valence-corrected chi connectivity index (χ3v) is 7.00. The van der Waals surface area contributed by atoms with Crippen molar-refractivity contribution in [1.29, 1.82) is 0 Å². The Morgan fingerprint density at radius 3 is 2.81 bits per heavy atom. The van der Waals surface area contributed by atoms with Gasteiger partial charge in [0, 0.05) is 35.4 Å².